The lowest BCUT2D eigenvalue weighted by Gasteiger charge is -2.14. The van der Waals surface area contributed by atoms with Crippen LogP contribution in [0.2, 0.25) is 0 Å². The van der Waals surface area contributed by atoms with Crippen molar-refractivity contribution in [2.75, 3.05) is 0 Å². The van der Waals surface area contributed by atoms with Gasteiger partial charge in [0.2, 0.25) is 0 Å². The average molecular weight is 666 g/mol. The van der Waals surface area contributed by atoms with Crippen LogP contribution < -0.4 is 10.3 Å². The number of rotatable bonds is 7. The van der Waals surface area contributed by atoms with E-state index in [0.29, 0.717) is 23.3 Å². The van der Waals surface area contributed by atoms with E-state index in [1.807, 2.05) is 42.5 Å². The number of ether oxygens (including phenoxy) is 1. The predicted octanol–water partition coefficient (Wildman–Crippen LogP) is 7.89. The van der Waals surface area contributed by atoms with Crippen LogP contribution in [-0.4, -0.2) is 15.9 Å². The van der Waals surface area contributed by atoms with Gasteiger partial charge in [0.05, 0.1) is 20.7 Å². The zero-order valence-electron chi connectivity index (χ0n) is 20.5. The second-order valence-corrected chi connectivity index (χ2v) is 11.0. The van der Waals surface area contributed by atoms with Crippen LogP contribution in [0.4, 0.5) is 0 Å². The van der Waals surface area contributed by atoms with Crippen LogP contribution in [0.5, 0.6) is 5.75 Å². The number of aromatic nitrogens is 2. The van der Waals surface area contributed by atoms with Crippen LogP contribution in [0.15, 0.2) is 93.2 Å². The lowest BCUT2D eigenvalue weighted by Crippen LogP contribution is -2.23. The van der Waals surface area contributed by atoms with Gasteiger partial charge in [0.15, 0.2) is 0 Å². The van der Waals surface area contributed by atoms with Crippen molar-refractivity contribution in [3.05, 3.63) is 114 Å². The van der Waals surface area contributed by atoms with Crippen LogP contribution in [0.1, 0.15) is 43.1 Å². The standard InChI is InChI=1S/C30H25BrIN3O2/c1-3-19(2)29-34-27-13-12-23(31)16-25(27)30(36)35(29)33-17-20-11-14-28(26(32)15-20)37-18-22-9-6-8-21-7-4-5-10-24(21)22/h4-17,19H,3,18H2,1-2H3/t19-/m1/s1. The molecule has 0 amide bonds. The highest BCUT2D eigenvalue weighted by molar-refractivity contribution is 14.1. The molecule has 0 spiro atoms. The number of nitrogens with zero attached hydrogens (tertiary/aromatic N) is 3. The third kappa shape index (κ3) is 5.48. The summed E-state index contributed by atoms with van der Waals surface area (Å²) in [7, 11) is 0. The first kappa shape index (κ1) is 25.6. The summed E-state index contributed by atoms with van der Waals surface area (Å²) in [5.41, 5.74) is 2.52. The van der Waals surface area contributed by atoms with Gasteiger partial charge >= 0.3 is 0 Å². The normalized spacial score (nSPS) is 12.4. The zero-order chi connectivity index (χ0) is 25.9. The van der Waals surface area contributed by atoms with Crippen LogP contribution in [0, 0.1) is 3.57 Å². The van der Waals surface area contributed by atoms with Gasteiger partial charge in [0.1, 0.15) is 18.2 Å². The van der Waals surface area contributed by atoms with Crippen molar-refractivity contribution >= 4 is 66.4 Å². The summed E-state index contributed by atoms with van der Waals surface area (Å²) in [5.74, 6) is 1.55. The number of fused-ring (bicyclic) bond motifs is 2. The quantitative estimate of drug-likeness (QED) is 0.131. The lowest BCUT2D eigenvalue weighted by atomic mass is 10.1. The van der Waals surface area contributed by atoms with E-state index in [2.05, 4.69) is 87.8 Å². The van der Waals surface area contributed by atoms with Crippen LogP contribution in [0.25, 0.3) is 21.7 Å². The van der Waals surface area contributed by atoms with Gasteiger partial charge < -0.3 is 4.74 Å². The van der Waals surface area contributed by atoms with Gasteiger partial charge in [-0.3, -0.25) is 4.79 Å². The van der Waals surface area contributed by atoms with Crippen LogP contribution in [0.3, 0.4) is 0 Å². The second-order valence-electron chi connectivity index (χ2n) is 8.92. The second kappa shape index (κ2) is 11.1. The minimum atomic E-state index is -0.178. The molecule has 1 heterocycles. The molecule has 0 saturated heterocycles. The molecule has 37 heavy (non-hydrogen) atoms. The van der Waals surface area contributed by atoms with Crippen molar-refractivity contribution in [2.45, 2.75) is 32.8 Å². The Hall–Kier alpha value is -3.04. The fourth-order valence-electron chi connectivity index (χ4n) is 4.19. The highest BCUT2D eigenvalue weighted by Gasteiger charge is 2.15. The van der Waals surface area contributed by atoms with Gasteiger partial charge in [-0.25, -0.2) is 4.98 Å². The van der Waals surface area contributed by atoms with E-state index in [9.17, 15) is 4.79 Å². The number of hydrogen-bond acceptors (Lipinski definition) is 4. The van der Waals surface area contributed by atoms with Gasteiger partial charge in [-0.05, 0) is 87.3 Å². The van der Waals surface area contributed by atoms with Gasteiger partial charge in [-0.1, -0.05) is 72.2 Å². The Morgan fingerprint density at radius 3 is 2.68 bits per heavy atom. The molecule has 0 N–H and O–H groups in total. The predicted molar refractivity (Wildman–Crippen MR) is 163 cm³/mol. The third-order valence-corrected chi connectivity index (χ3v) is 7.76. The molecule has 0 aliphatic rings. The summed E-state index contributed by atoms with van der Waals surface area (Å²) >= 11 is 5.73. The Morgan fingerprint density at radius 1 is 1.05 bits per heavy atom. The smallest absolute Gasteiger partial charge is 0.282 e. The Bertz CT molecular complexity index is 1690. The largest absolute Gasteiger partial charge is 0.488 e. The van der Waals surface area contributed by atoms with E-state index in [1.165, 1.54) is 15.4 Å². The van der Waals surface area contributed by atoms with Gasteiger partial charge in [-0.2, -0.15) is 9.78 Å². The topological polar surface area (TPSA) is 56.5 Å². The molecule has 7 heteroatoms. The molecular formula is C30H25BrIN3O2. The summed E-state index contributed by atoms with van der Waals surface area (Å²) < 4.78 is 9.40. The zero-order valence-corrected chi connectivity index (χ0v) is 24.2. The maximum absolute atomic E-state index is 13.3. The van der Waals surface area contributed by atoms with Crippen molar-refractivity contribution in [3.63, 3.8) is 0 Å². The number of benzene rings is 4. The molecule has 1 aromatic heterocycles. The van der Waals surface area contributed by atoms with Crippen molar-refractivity contribution < 1.29 is 4.74 Å². The molecular weight excluding hydrogens is 641 g/mol. The van der Waals surface area contributed by atoms with E-state index in [0.717, 1.165) is 31.3 Å². The molecule has 0 saturated carbocycles. The monoisotopic (exact) mass is 665 g/mol. The Kier molecular flexibility index (Phi) is 7.71. The molecule has 0 radical (unpaired) electrons. The van der Waals surface area contributed by atoms with E-state index in [-0.39, 0.29) is 11.5 Å². The molecule has 0 bridgehead atoms. The molecule has 1 atom stereocenters. The van der Waals surface area contributed by atoms with E-state index >= 15 is 0 Å². The Morgan fingerprint density at radius 2 is 1.86 bits per heavy atom. The third-order valence-electron chi connectivity index (χ3n) is 6.43. The summed E-state index contributed by atoms with van der Waals surface area (Å²) in [6, 6.07) is 26.0. The molecule has 0 unspecified atom stereocenters. The SMILES string of the molecule is CC[C@@H](C)c1nc2ccc(Br)cc2c(=O)n1N=Cc1ccc(OCc2cccc3ccccc23)c(I)c1. The Balaban J connectivity index is 1.42. The fourth-order valence-corrected chi connectivity index (χ4v) is 5.25. The average Bonchev–Trinajstić information content (AvgIpc) is 2.91. The highest BCUT2D eigenvalue weighted by Crippen LogP contribution is 2.25. The maximum atomic E-state index is 13.3. The summed E-state index contributed by atoms with van der Waals surface area (Å²) in [6.45, 7) is 4.62. The molecule has 5 aromatic rings. The molecule has 0 aliphatic heterocycles. The minimum Gasteiger partial charge on any atom is -0.488 e. The molecule has 5 rings (SSSR count). The summed E-state index contributed by atoms with van der Waals surface area (Å²) in [6.07, 6.45) is 2.56. The van der Waals surface area contributed by atoms with Gasteiger partial charge in [0, 0.05) is 10.4 Å². The minimum absolute atomic E-state index is 0.0860. The Labute approximate surface area is 237 Å². The molecule has 0 fully saturated rings. The highest BCUT2D eigenvalue weighted by atomic mass is 127. The van der Waals surface area contributed by atoms with Crippen molar-refractivity contribution in [1.82, 2.24) is 9.66 Å². The molecule has 4 aromatic carbocycles. The molecule has 186 valence electrons. The van der Waals surface area contributed by atoms with Crippen molar-refractivity contribution in [2.24, 2.45) is 5.10 Å². The molecule has 0 aliphatic carbocycles. The number of halogens is 2. The molecule has 5 nitrogen and oxygen atoms in total. The fraction of sp³-hybridized carbons (Fsp3) is 0.167. The first-order valence-corrected chi connectivity index (χ1v) is 14.0. The van der Waals surface area contributed by atoms with Crippen LogP contribution in [-0.2, 0) is 6.61 Å². The summed E-state index contributed by atoms with van der Waals surface area (Å²) in [4.78, 5) is 18.1. The van der Waals surface area contributed by atoms with Crippen molar-refractivity contribution in [1.29, 1.82) is 0 Å². The number of hydrogen-bond donors (Lipinski definition) is 0. The van der Waals surface area contributed by atoms with E-state index < -0.39 is 0 Å². The summed E-state index contributed by atoms with van der Waals surface area (Å²) in [5, 5.41) is 7.51. The lowest BCUT2D eigenvalue weighted by molar-refractivity contribution is 0.305. The van der Waals surface area contributed by atoms with Crippen molar-refractivity contribution in [3.8, 4) is 5.75 Å². The van der Waals surface area contributed by atoms with Gasteiger partial charge in [-0.15, -0.1) is 0 Å². The van der Waals surface area contributed by atoms with Gasteiger partial charge in [0.25, 0.3) is 5.56 Å². The van der Waals surface area contributed by atoms with Crippen LogP contribution >= 0.6 is 38.5 Å². The van der Waals surface area contributed by atoms with E-state index in [1.54, 1.807) is 12.3 Å². The van der Waals surface area contributed by atoms with E-state index in [4.69, 9.17) is 9.72 Å². The maximum Gasteiger partial charge on any atom is 0.282 e. The first-order valence-electron chi connectivity index (χ1n) is 12.1. The first-order chi connectivity index (χ1) is 17.9.